The summed E-state index contributed by atoms with van der Waals surface area (Å²) in [5.74, 6) is -0.753. The number of carboxylic acid groups (broad SMARTS) is 1. The van der Waals surface area contributed by atoms with Crippen LogP contribution in [0.15, 0.2) is 0 Å². The van der Waals surface area contributed by atoms with Crippen molar-refractivity contribution < 1.29 is 14.6 Å². The van der Waals surface area contributed by atoms with Gasteiger partial charge in [0.25, 0.3) is 0 Å². The molecular formula is C12H23NO3. The van der Waals surface area contributed by atoms with Crippen molar-refractivity contribution in [1.29, 1.82) is 0 Å². The van der Waals surface area contributed by atoms with Gasteiger partial charge in [-0.15, -0.1) is 0 Å². The van der Waals surface area contributed by atoms with E-state index in [4.69, 9.17) is 9.84 Å². The number of carbonyl (C=O) groups is 1. The van der Waals surface area contributed by atoms with Crippen LogP contribution >= 0.6 is 0 Å². The molecule has 1 fully saturated rings. The monoisotopic (exact) mass is 229 g/mol. The van der Waals surface area contributed by atoms with Crippen molar-refractivity contribution in [3.63, 3.8) is 0 Å². The van der Waals surface area contributed by atoms with Crippen LogP contribution in [0.1, 0.15) is 33.6 Å². The first-order valence-corrected chi connectivity index (χ1v) is 5.88. The second-order valence-corrected chi connectivity index (χ2v) is 5.72. The summed E-state index contributed by atoms with van der Waals surface area (Å²) >= 11 is 0. The topological polar surface area (TPSA) is 58.6 Å². The van der Waals surface area contributed by atoms with E-state index in [0.29, 0.717) is 6.54 Å². The molecule has 16 heavy (non-hydrogen) atoms. The van der Waals surface area contributed by atoms with Crippen LogP contribution in [0.3, 0.4) is 0 Å². The van der Waals surface area contributed by atoms with E-state index in [1.807, 2.05) is 0 Å². The maximum atomic E-state index is 10.9. The highest BCUT2D eigenvalue weighted by atomic mass is 16.5. The Balaban J connectivity index is 2.31. The minimum atomic E-state index is -0.753. The molecule has 1 aliphatic heterocycles. The van der Waals surface area contributed by atoms with Crippen molar-refractivity contribution in [2.45, 2.75) is 33.6 Å². The maximum absolute atomic E-state index is 10.9. The quantitative estimate of drug-likeness (QED) is 0.750. The molecule has 1 rings (SSSR count). The number of ether oxygens (including phenoxy) is 1. The van der Waals surface area contributed by atoms with E-state index in [1.165, 1.54) is 0 Å². The van der Waals surface area contributed by atoms with E-state index < -0.39 is 11.4 Å². The second-order valence-electron chi connectivity index (χ2n) is 5.72. The fourth-order valence-corrected chi connectivity index (χ4v) is 1.79. The number of nitrogens with one attached hydrogen (secondary N) is 1. The molecule has 0 radical (unpaired) electrons. The average molecular weight is 229 g/mol. The SMILES string of the molecule is CC1(CNCC(C)(C)C(=O)O)CCOCC1. The van der Waals surface area contributed by atoms with Crippen molar-refractivity contribution in [3.05, 3.63) is 0 Å². The summed E-state index contributed by atoms with van der Waals surface area (Å²) in [4.78, 5) is 10.9. The fourth-order valence-electron chi connectivity index (χ4n) is 1.79. The van der Waals surface area contributed by atoms with Crippen molar-refractivity contribution in [2.24, 2.45) is 10.8 Å². The van der Waals surface area contributed by atoms with Crippen molar-refractivity contribution in [3.8, 4) is 0 Å². The van der Waals surface area contributed by atoms with Gasteiger partial charge in [0.15, 0.2) is 0 Å². The number of aliphatic carboxylic acids is 1. The molecule has 0 atom stereocenters. The van der Waals surface area contributed by atoms with E-state index in [2.05, 4.69) is 12.2 Å². The first-order chi connectivity index (χ1) is 7.36. The van der Waals surface area contributed by atoms with E-state index in [-0.39, 0.29) is 5.41 Å². The Kier molecular flexibility index (Phi) is 4.33. The number of carboxylic acids is 1. The van der Waals surface area contributed by atoms with Gasteiger partial charge < -0.3 is 15.2 Å². The second kappa shape index (κ2) is 5.15. The van der Waals surface area contributed by atoms with Crippen LogP contribution < -0.4 is 5.32 Å². The van der Waals surface area contributed by atoms with Crippen LogP contribution in [0.4, 0.5) is 0 Å². The van der Waals surface area contributed by atoms with Gasteiger partial charge in [-0.3, -0.25) is 4.79 Å². The van der Waals surface area contributed by atoms with Gasteiger partial charge in [-0.1, -0.05) is 6.92 Å². The summed E-state index contributed by atoms with van der Waals surface area (Å²) in [5, 5.41) is 12.3. The minimum absolute atomic E-state index is 0.257. The summed E-state index contributed by atoms with van der Waals surface area (Å²) in [6, 6.07) is 0. The van der Waals surface area contributed by atoms with Crippen molar-refractivity contribution in [1.82, 2.24) is 5.32 Å². The fraction of sp³-hybridized carbons (Fsp3) is 0.917. The molecule has 4 heteroatoms. The molecule has 0 amide bonds. The zero-order valence-electron chi connectivity index (χ0n) is 10.5. The molecule has 0 bridgehead atoms. The number of hydrogen-bond donors (Lipinski definition) is 2. The molecule has 2 N–H and O–H groups in total. The molecule has 94 valence electrons. The lowest BCUT2D eigenvalue weighted by molar-refractivity contribution is -0.146. The molecule has 0 aromatic carbocycles. The van der Waals surface area contributed by atoms with Crippen molar-refractivity contribution in [2.75, 3.05) is 26.3 Å². The molecule has 1 heterocycles. The summed E-state index contributed by atoms with van der Waals surface area (Å²) < 4.78 is 5.33. The molecule has 0 spiro atoms. The van der Waals surface area contributed by atoms with Gasteiger partial charge in [0.05, 0.1) is 5.41 Å². The summed E-state index contributed by atoms with van der Waals surface area (Å²) in [6.07, 6.45) is 2.10. The number of hydrogen-bond acceptors (Lipinski definition) is 3. The summed E-state index contributed by atoms with van der Waals surface area (Å²) in [5.41, 5.74) is -0.436. The molecule has 4 nitrogen and oxygen atoms in total. The lowest BCUT2D eigenvalue weighted by Gasteiger charge is -2.34. The lowest BCUT2D eigenvalue weighted by atomic mass is 9.82. The summed E-state index contributed by atoms with van der Waals surface area (Å²) in [7, 11) is 0. The third-order valence-electron chi connectivity index (χ3n) is 3.40. The normalized spacial score (nSPS) is 20.7. The largest absolute Gasteiger partial charge is 0.481 e. The Bertz CT molecular complexity index is 245. The van der Waals surface area contributed by atoms with Crippen LogP contribution in [0.25, 0.3) is 0 Å². The predicted octanol–water partition coefficient (Wildman–Crippen LogP) is 1.50. The Labute approximate surface area is 97.4 Å². The number of rotatable bonds is 5. The molecule has 1 saturated heterocycles. The van der Waals surface area contributed by atoms with Crippen LogP contribution in [0.2, 0.25) is 0 Å². The van der Waals surface area contributed by atoms with Crippen LogP contribution in [-0.2, 0) is 9.53 Å². The molecule has 0 aliphatic carbocycles. The molecule has 1 aliphatic rings. The molecular weight excluding hydrogens is 206 g/mol. The standard InChI is InChI=1S/C12H23NO3/c1-11(2,10(14)15)8-13-9-12(3)4-6-16-7-5-12/h13H,4-9H2,1-3H3,(H,14,15). The summed E-state index contributed by atoms with van der Waals surface area (Å²) in [6.45, 7) is 8.74. The van der Waals surface area contributed by atoms with Crippen molar-refractivity contribution >= 4 is 5.97 Å². The third kappa shape index (κ3) is 3.76. The van der Waals surface area contributed by atoms with E-state index in [0.717, 1.165) is 32.6 Å². The van der Waals surface area contributed by atoms with Gasteiger partial charge in [0.2, 0.25) is 0 Å². The van der Waals surface area contributed by atoms with E-state index >= 15 is 0 Å². The highest BCUT2D eigenvalue weighted by molar-refractivity contribution is 5.73. The Morgan fingerprint density at radius 2 is 2.00 bits per heavy atom. The first-order valence-electron chi connectivity index (χ1n) is 5.88. The molecule has 0 aromatic rings. The van der Waals surface area contributed by atoms with Gasteiger partial charge in [-0.2, -0.15) is 0 Å². The van der Waals surface area contributed by atoms with Crippen LogP contribution in [0, 0.1) is 10.8 Å². The molecule has 0 unspecified atom stereocenters. The van der Waals surface area contributed by atoms with Gasteiger partial charge in [-0.25, -0.2) is 0 Å². The Morgan fingerprint density at radius 3 is 2.50 bits per heavy atom. The zero-order valence-corrected chi connectivity index (χ0v) is 10.5. The zero-order chi connectivity index (χ0) is 12.2. The minimum Gasteiger partial charge on any atom is -0.481 e. The first kappa shape index (κ1) is 13.5. The molecule has 0 aromatic heterocycles. The van der Waals surface area contributed by atoms with Gasteiger partial charge >= 0.3 is 5.97 Å². The third-order valence-corrected chi connectivity index (χ3v) is 3.40. The molecule has 0 saturated carbocycles. The van der Waals surface area contributed by atoms with Gasteiger partial charge in [0, 0.05) is 26.3 Å². The van der Waals surface area contributed by atoms with Crippen LogP contribution in [-0.4, -0.2) is 37.4 Å². The van der Waals surface area contributed by atoms with E-state index in [9.17, 15) is 4.79 Å². The average Bonchev–Trinajstić information content (AvgIpc) is 2.17. The predicted molar refractivity (Wildman–Crippen MR) is 62.4 cm³/mol. The van der Waals surface area contributed by atoms with E-state index in [1.54, 1.807) is 13.8 Å². The van der Waals surface area contributed by atoms with Gasteiger partial charge in [0.1, 0.15) is 0 Å². The maximum Gasteiger partial charge on any atom is 0.310 e. The lowest BCUT2D eigenvalue weighted by Crippen LogP contribution is -2.42. The Hall–Kier alpha value is -0.610. The smallest absolute Gasteiger partial charge is 0.310 e. The highest BCUT2D eigenvalue weighted by Crippen LogP contribution is 2.28. The van der Waals surface area contributed by atoms with Crippen LogP contribution in [0.5, 0.6) is 0 Å². The Morgan fingerprint density at radius 1 is 1.44 bits per heavy atom. The highest BCUT2D eigenvalue weighted by Gasteiger charge is 2.30. The van der Waals surface area contributed by atoms with Gasteiger partial charge in [-0.05, 0) is 32.1 Å².